The summed E-state index contributed by atoms with van der Waals surface area (Å²) in [7, 11) is 0. The normalized spacial score (nSPS) is 12.5. The molecule has 0 spiro atoms. The van der Waals surface area contributed by atoms with E-state index in [1.54, 1.807) is 25.3 Å². The number of aliphatic hydroxyl groups is 1. The van der Waals surface area contributed by atoms with Gasteiger partial charge in [0, 0.05) is 11.8 Å². The minimum atomic E-state index is -0.238. The van der Waals surface area contributed by atoms with Crippen LogP contribution in [0.4, 0.5) is 4.39 Å². The van der Waals surface area contributed by atoms with Gasteiger partial charge in [-0.1, -0.05) is 36.4 Å². The van der Waals surface area contributed by atoms with Crippen LogP contribution in [-0.4, -0.2) is 16.2 Å². The van der Waals surface area contributed by atoms with Crippen molar-refractivity contribution in [1.29, 1.82) is 0 Å². The third kappa shape index (κ3) is 5.43. The molecule has 2 aromatic rings. The van der Waals surface area contributed by atoms with Crippen LogP contribution in [0.5, 0.6) is 0 Å². The number of benzene rings is 1. The molecule has 24 heavy (non-hydrogen) atoms. The zero-order valence-electron chi connectivity index (χ0n) is 14.1. The van der Waals surface area contributed by atoms with Gasteiger partial charge in [0.25, 0.3) is 0 Å². The number of hydrogen-bond donors (Lipinski definition) is 1. The SMILES string of the molecule is C=CCc1ccc(-c2ccc(/C=C/CCCC(C)O)cn2)cc1F. The van der Waals surface area contributed by atoms with Crippen molar-refractivity contribution in [2.75, 3.05) is 0 Å². The highest BCUT2D eigenvalue weighted by atomic mass is 19.1. The van der Waals surface area contributed by atoms with Gasteiger partial charge in [-0.15, -0.1) is 6.58 Å². The van der Waals surface area contributed by atoms with Crippen LogP contribution in [0.1, 0.15) is 37.3 Å². The molecule has 1 unspecified atom stereocenters. The average molecular weight is 325 g/mol. The first-order valence-electron chi connectivity index (χ1n) is 8.30. The molecule has 0 amide bonds. The minimum Gasteiger partial charge on any atom is -0.393 e. The number of rotatable bonds is 8. The molecule has 1 atom stereocenters. The molecule has 0 saturated heterocycles. The molecule has 1 aromatic heterocycles. The van der Waals surface area contributed by atoms with Crippen molar-refractivity contribution in [3.63, 3.8) is 0 Å². The highest BCUT2D eigenvalue weighted by molar-refractivity contribution is 5.61. The molecule has 0 aliphatic carbocycles. The summed E-state index contributed by atoms with van der Waals surface area (Å²) in [6.07, 6.45) is 10.6. The molecule has 1 N–H and O–H groups in total. The van der Waals surface area contributed by atoms with Crippen molar-refractivity contribution in [3.8, 4) is 11.3 Å². The Morgan fingerprint density at radius 2 is 2.12 bits per heavy atom. The summed E-state index contributed by atoms with van der Waals surface area (Å²) in [5.74, 6) is -0.226. The standard InChI is InChI=1S/C21H24FNO/c1-3-7-18-11-12-19(14-20(18)22)21-13-10-17(15-23-21)9-6-4-5-8-16(2)24/h3,6,9-16,24H,1,4-5,7-8H2,2H3/b9-6+. The number of nitrogens with zero attached hydrogens (tertiary/aromatic N) is 1. The highest BCUT2D eigenvalue weighted by Gasteiger charge is 2.05. The lowest BCUT2D eigenvalue weighted by Gasteiger charge is -2.05. The monoisotopic (exact) mass is 325 g/mol. The summed E-state index contributed by atoms with van der Waals surface area (Å²) in [4.78, 5) is 4.41. The molecule has 2 rings (SSSR count). The number of hydrogen-bond acceptors (Lipinski definition) is 2. The largest absolute Gasteiger partial charge is 0.393 e. The van der Waals surface area contributed by atoms with E-state index in [4.69, 9.17) is 0 Å². The Labute approximate surface area is 143 Å². The molecule has 0 bridgehead atoms. The Kier molecular flexibility index (Phi) is 6.89. The smallest absolute Gasteiger partial charge is 0.127 e. The van der Waals surface area contributed by atoms with Crippen LogP contribution in [0.15, 0.2) is 55.3 Å². The van der Waals surface area contributed by atoms with Gasteiger partial charge in [-0.2, -0.15) is 0 Å². The van der Waals surface area contributed by atoms with E-state index in [0.717, 1.165) is 36.1 Å². The zero-order chi connectivity index (χ0) is 17.4. The third-order valence-corrected chi connectivity index (χ3v) is 3.80. The van der Waals surface area contributed by atoms with Crippen molar-refractivity contribution in [3.05, 3.63) is 72.2 Å². The van der Waals surface area contributed by atoms with E-state index < -0.39 is 0 Å². The first-order valence-corrected chi connectivity index (χ1v) is 8.30. The van der Waals surface area contributed by atoms with Crippen molar-refractivity contribution in [2.24, 2.45) is 0 Å². The van der Waals surface area contributed by atoms with Crippen molar-refractivity contribution < 1.29 is 9.50 Å². The van der Waals surface area contributed by atoms with Crippen molar-refractivity contribution in [2.45, 2.75) is 38.7 Å². The average Bonchev–Trinajstić information content (AvgIpc) is 2.57. The summed E-state index contributed by atoms with van der Waals surface area (Å²) in [5.41, 5.74) is 3.18. The van der Waals surface area contributed by atoms with Crippen LogP contribution >= 0.6 is 0 Å². The van der Waals surface area contributed by atoms with Crippen LogP contribution < -0.4 is 0 Å². The topological polar surface area (TPSA) is 33.1 Å². The van der Waals surface area contributed by atoms with Crippen molar-refractivity contribution in [1.82, 2.24) is 4.98 Å². The fourth-order valence-corrected chi connectivity index (χ4v) is 2.45. The number of unbranched alkanes of at least 4 members (excludes halogenated alkanes) is 1. The molecule has 3 heteroatoms. The molecule has 1 aromatic carbocycles. The molecule has 0 saturated carbocycles. The summed E-state index contributed by atoms with van der Waals surface area (Å²) < 4.78 is 14.0. The van der Waals surface area contributed by atoms with Crippen LogP contribution in [0.3, 0.4) is 0 Å². The van der Waals surface area contributed by atoms with Crippen LogP contribution in [0.25, 0.3) is 17.3 Å². The Balaban J connectivity index is 2.00. The summed E-state index contributed by atoms with van der Waals surface area (Å²) >= 11 is 0. The highest BCUT2D eigenvalue weighted by Crippen LogP contribution is 2.21. The number of aliphatic hydroxyl groups excluding tert-OH is 1. The van der Waals surface area contributed by atoms with Crippen molar-refractivity contribution >= 4 is 6.08 Å². The van der Waals surface area contributed by atoms with E-state index in [0.29, 0.717) is 12.0 Å². The van der Waals surface area contributed by atoms with E-state index >= 15 is 0 Å². The van der Waals surface area contributed by atoms with Gasteiger partial charge >= 0.3 is 0 Å². The van der Waals surface area contributed by atoms with E-state index in [1.807, 2.05) is 24.3 Å². The number of pyridine rings is 1. The Morgan fingerprint density at radius 1 is 1.29 bits per heavy atom. The van der Waals surface area contributed by atoms with Gasteiger partial charge in [-0.25, -0.2) is 4.39 Å². The lowest BCUT2D eigenvalue weighted by atomic mass is 10.1. The van der Waals surface area contributed by atoms with Gasteiger partial charge in [0.05, 0.1) is 11.8 Å². The van der Waals surface area contributed by atoms with Gasteiger partial charge in [-0.05, 0) is 55.9 Å². The number of aromatic nitrogens is 1. The Hall–Kier alpha value is -2.26. The molecule has 126 valence electrons. The zero-order valence-corrected chi connectivity index (χ0v) is 14.1. The summed E-state index contributed by atoms with van der Waals surface area (Å²) in [6.45, 7) is 5.44. The first-order chi connectivity index (χ1) is 11.6. The molecular formula is C21H24FNO. The van der Waals surface area contributed by atoms with Crippen LogP contribution in [-0.2, 0) is 6.42 Å². The third-order valence-electron chi connectivity index (χ3n) is 3.80. The van der Waals surface area contributed by atoms with Gasteiger partial charge in [0.1, 0.15) is 5.82 Å². The second-order valence-electron chi connectivity index (χ2n) is 5.96. The van der Waals surface area contributed by atoms with Gasteiger partial charge in [0.15, 0.2) is 0 Å². The Bertz CT molecular complexity index is 689. The minimum absolute atomic E-state index is 0.226. The Morgan fingerprint density at radius 3 is 2.75 bits per heavy atom. The summed E-state index contributed by atoms with van der Waals surface area (Å²) in [5, 5.41) is 9.21. The molecule has 1 heterocycles. The predicted octanol–water partition coefficient (Wildman–Crippen LogP) is 5.18. The number of halogens is 1. The van der Waals surface area contributed by atoms with Gasteiger partial charge in [0.2, 0.25) is 0 Å². The van der Waals surface area contributed by atoms with E-state index in [2.05, 4.69) is 17.6 Å². The van der Waals surface area contributed by atoms with E-state index in [9.17, 15) is 9.50 Å². The fourth-order valence-electron chi connectivity index (χ4n) is 2.45. The van der Waals surface area contributed by atoms with Crippen LogP contribution in [0, 0.1) is 5.82 Å². The fraction of sp³-hybridized carbons (Fsp3) is 0.286. The van der Waals surface area contributed by atoms with E-state index in [1.165, 1.54) is 6.07 Å². The second kappa shape index (κ2) is 9.14. The maximum atomic E-state index is 14.0. The quantitative estimate of drug-likeness (QED) is 0.536. The van der Waals surface area contributed by atoms with Gasteiger partial charge in [-0.3, -0.25) is 4.98 Å². The molecule has 0 aliphatic rings. The lowest BCUT2D eigenvalue weighted by molar-refractivity contribution is 0.182. The van der Waals surface area contributed by atoms with Gasteiger partial charge < -0.3 is 5.11 Å². The second-order valence-corrected chi connectivity index (χ2v) is 5.96. The molecular weight excluding hydrogens is 301 g/mol. The van der Waals surface area contributed by atoms with E-state index in [-0.39, 0.29) is 11.9 Å². The molecule has 0 radical (unpaired) electrons. The molecule has 0 fully saturated rings. The number of allylic oxidation sites excluding steroid dienone is 2. The molecule has 2 nitrogen and oxygen atoms in total. The van der Waals surface area contributed by atoms with Crippen LogP contribution in [0.2, 0.25) is 0 Å². The summed E-state index contributed by atoms with van der Waals surface area (Å²) in [6, 6.07) is 9.06. The molecule has 0 aliphatic heterocycles. The maximum absolute atomic E-state index is 14.0. The maximum Gasteiger partial charge on any atom is 0.127 e. The lowest BCUT2D eigenvalue weighted by Crippen LogP contribution is -1.97. The first kappa shape index (κ1) is 18.1. The predicted molar refractivity (Wildman–Crippen MR) is 98.1 cm³/mol.